The lowest BCUT2D eigenvalue weighted by Gasteiger charge is -2.22. The van der Waals surface area contributed by atoms with Crippen molar-refractivity contribution in [3.8, 4) is 11.5 Å². The number of hydrogen-bond donors (Lipinski definition) is 0. The SMILES string of the molecule is CC(C)c1cc(C(C)C)c(S(=O)(=O)Oc2ccc(OCc3ccccc3)cc2)c(C(C)C)c1. The minimum Gasteiger partial charge on any atom is -0.489 e. The Morgan fingerprint density at radius 3 is 1.70 bits per heavy atom. The first-order chi connectivity index (χ1) is 15.6. The van der Waals surface area contributed by atoms with Crippen molar-refractivity contribution in [2.45, 2.75) is 70.8 Å². The summed E-state index contributed by atoms with van der Waals surface area (Å²) in [4.78, 5) is 0.293. The van der Waals surface area contributed by atoms with Gasteiger partial charge in [-0.05, 0) is 64.3 Å². The summed E-state index contributed by atoms with van der Waals surface area (Å²) in [5.74, 6) is 1.31. The van der Waals surface area contributed by atoms with E-state index in [1.54, 1.807) is 24.3 Å². The maximum absolute atomic E-state index is 13.5. The van der Waals surface area contributed by atoms with E-state index in [1.165, 1.54) is 0 Å². The standard InChI is InChI=1S/C28H34O4S/c1-19(2)23-16-26(20(3)4)28(27(17-23)21(5)6)33(29,30)32-25-14-12-24(13-15-25)31-18-22-10-8-7-9-11-22/h7-17,19-21H,18H2,1-6H3. The van der Waals surface area contributed by atoms with Crippen LogP contribution < -0.4 is 8.92 Å². The van der Waals surface area contributed by atoms with Gasteiger partial charge in [0.15, 0.2) is 0 Å². The van der Waals surface area contributed by atoms with Gasteiger partial charge in [0.25, 0.3) is 0 Å². The minimum atomic E-state index is -4.02. The van der Waals surface area contributed by atoms with E-state index in [-0.39, 0.29) is 17.6 Å². The van der Waals surface area contributed by atoms with Gasteiger partial charge in [0, 0.05) is 0 Å². The van der Waals surface area contributed by atoms with Gasteiger partial charge < -0.3 is 8.92 Å². The highest BCUT2D eigenvalue weighted by atomic mass is 32.2. The van der Waals surface area contributed by atoms with Gasteiger partial charge in [-0.2, -0.15) is 8.42 Å². The maximum Gasteiger partial charge on any atom is 0.339 e. The highest BCUT2D eigenvalue weighted by Crippen LogP contribution is 2.36. The van der Waals surface area contributed by atoms with Gasteiger partial charge in [0.05, 0.1) is 0 Å². The van der Waals surface area contributed by atoms with Crippen LogP contribution in [0.3, 0.4) is 0 Å². The molecule has 0 aliphatic heterocycles. The molecule has 0 amide bonds. The van der Waals surface area contributed by atoms with Crippen molar-refractivity contribution in [1.82, 2.24) is 0 Å². The quantitative estimate of drug-likeness (QED) is 0.308. The molecule has 0 unspecified atom stereocenters. The summed E-state index contributed by atoms with van der Waals surface area (Å²) < 4.78 is 38.3. The van der Waals surface area contributed by atoms with Gasteiger partial charge >= 0.3 is 10.1 Å². The Morgan fingerprint density at radius 2 is 1.21 bits per heavy atom. The van der Waals surface area contributed by atoms with Gasteiger partial charge in [-0.25, -0.2) is 0 Å². The second-order valence-corrected chi connectivity index (χ2v) is 10.8. The van der Waals surface area contributed by atoms with Crippen LogP contribution in [-0.2, 0) is 16.7 Å². The maximum atomic E-state index is 13.5. The summed E-state index contributed by atoms with van der Waals surface area (Å²) in [6, 6.07) is 20.6. The molecule has 0 saturated carbocycles. The number of rotatable bonds is 9. The molecule has 0 saturated heterocycles. The molecule has 176 valence electrons. The zero-order valence-electron chi connectivity index (χ0n) is 20.3. The van der Waals surface area contributed by atoms with E-state index in [1.807, 2.05) is 70.2 Å². The zero-order valence-corrected chi connectivity index (χ0v) is 21.1. The molecule has 3 aromatic carbocycles. The van der Waals surface area contributed by atoms with Crippen LogP contribution in [-0.4, -0.2) is 8.42 Å². The number of ether oxygens (including phenoxy) is 1. The Balaban J connectivity index is 1.88. The van der Waals surface area contributed by atoms with Gasteiger partial charge in [0.1, 0.15) is 23.0 Å². The second kappa shape index (κ2) is 10.4. The van der Waals surface area contributed by atoms with E-state index in [0.717, 1.165) is 22.3 Å². The second-order valence-electron chi connectivity index (χ2n) is 9.28. The van der Waals surface area contributed by atoms with Crippen LogP contribution in [0.4, 0.5) is 0 Å². The largest absolute Gasteiger partial charge is 0.489 e. The van der Waals surface area contributed by atoms with E-state index in [0.29, 0.717) is 23.2 Å². The first kappa shape index (κ1) is 24.8. The highest BCUT2D eigenvalue weighted by molar-refractivity contribution is 7.87. The molecule has 0 atom stereocenters. The van der Waals surface area contributed by atoms with Crippen molar-refractivity contribution in [2.75, 3.05) is 0 Å². The Hall–Kier alpha value is -2.79. The Labute approximate surface area is 198 Å². The highest BCUT2D eigenvalue weighted by Gasteiger charge is 2.28. The molecule has 4 nitrogen and oxygen atoms in total. The molecule has 0 fully saturated rings. The van der Waals surface area contributed by atoms with Crippen molar-refractivity contribution in [3.05, 3.63) is 89.0 Å². The fourth-order valence-corrected chi connectivity index (χ4v) is 5.29. The first-order valence-corrected chi connectivity index (χ1v) is 12.9. The van der Waals surface area contributed by atoms with E-state index in [9.17, 15) is 8.42 Å². The van der Waals surface area contributed by atoms with Crippen LogP contribution in [0.1, 0.15) is 81.5 Å². The van der Waals surface area contributed by atoms with E-state index in [2.05, 4.69) is 13.8 Å². The molecule has 5 heteroatoms. The van der Waals surface area contributed by atoms with E-state index < -0.39 is 10.1 Å². The fraction of sp³-hybridized carbons (Fsp3) is 0.357. The van der Waals surface area contributed by atoms with Crippen molar-refractivity contribution in [1.29, 1.82) is 0 Å². The van der Waals surface area contributed by atoms with Crippen LogP contribution in [0.25, 0.3) is 0 Å². The van der Waals surface area contributed by atoms with E-state index >= 15 is 0 Å². The van der Waals surface area contributed by atoms with Gasteiger partial charge in [-0.15, -0.1) is 0 Å². The van der Waals surface area contributed by atoms with Crippen molar-refractivity contribution >= 4 is 10.1 Å². The molecule has 3 rings (SSSR count). The van der Waals surface area contributed by atoms with Gasteiger partial charge in [-0.1, -0.05) is 84.0 Å². The topological polar surface area (TPSA) is 52.6 Å². The summed E-state index contributed by atoms with van der Waals surface area (Å²) in [7, 11) is -4.02. The average molecular weight is 467 g/mol. The lowest BCUT2D eigenvalue weighted by Crippen LogP contribution is -2.17. The smallest absolute Gasteiger partial charge is 0.339 e. The summed E-state index contributed by atoms with van der Waals surface area (Å²) >= 11 is 0. The predicted molar refractivity (Wildman–Crippen MR) is 134 cm³/mol. The van der Waals surface area contributed by atoms with Crippen LogP contribution in [0, 0.1) is 0 Å². The molecular weight excluding hydrogens is 432 g/mol. The Kier molecular flexibility index (Phi) is 7.85. The minimum absolute atomic E-state index is 0.0448. The fourth-order valence-electron chi connectivity index (χ4n) is 3.68. The van der Waals surface area contributed by atoms with E-state index in [4.69, 9.17) is 8.92 Å². The molecule has 0 spiro atoms. The van der Waals surface area contributed by atoms with Crippen LogP contribution >= 0.6 is 0 Å². The molecule has 0 aliphatic carbocycles. The average Bonchev–Trinajstić information content (AvgIpc) is 2.78. The molecule has 0 N–H and O–H groups in total. The number of benzene rings is 3. The third-order valence-corrected chi connectivity index (χ3v) is 6.99. The third-order valence-electron chi connectivity index (χ3n) is 5.61. The third kappa shape index (κ3) is 6.17. The van der Waals surface area contributed by atoms with Crippen molar-refractivity contribution in [2.24, 2.45) is 0 Å². The summed E-state index contributed by atoms with van der Waals surface area (Å²) in [5.41, 5.74) is 3.80. The van der Waals surface area contributed by atoms with Gasteiger partial charge in [-0.3, -0.25) is 0 Å². The van der Waals surface area contributed by atoms with Crippen LogP contribution in [0.2, 0.25) is 0 Å². The Morgan fingerprint density at radius 1 is 0.697 bits per heavy atom. The summed E-state index contributed by atoms with van der Waals surface area (Å²) in [6.07, 6.45) is 0. The number of hydrogen-bond acceptors (Lipinski definition) is 4. The lowest BCUT2D eigenvalue weighted by molar-refractivity contribution is 0.306. The van der Waals surface area contributed by atoms with Crippen molar-refractivity contribution < 1.29 is 17.3 Å². The lowest BCUT2D eigenvalue weighted by atomic mass is 9.89. The molecule has 0 bridgehead atoms. The van der Waals surface area contributed by atoms with Gasteiger partial charge in [0.2, 0.25) is 0 Å². The molecule has 0 heterocycles. The summed E-state index contributed by atoms with van der Waals surface area (Å²) in [5, 5.41) is 0. The molecule has 0 aromatic heterocycles. The molecular formula is C28H34O4S. The first-order valence-electron chi connectivity index (χ1n) is 11.5. The zero-order chi connectivity index (χ0) is 24.2. The summed E-state index contributed by atoms with van der Waals surface area (Å²) in [6.45, 7) is 12.7. The molecule has 33 heavy (non-hydrogen) atoms. The van der Waals surface area contributed by atoms with Crippen LogP contribution in [0.5, 0.6) is 11.5 Å². The normalized spacial score (nSPS) is 11.9. The van der Waals surface area contributed by atoms with Crippen LogP contribution in [0.15, 0.2) is 71.6 Å². The molecule has 0 aliphatic rings. The molecule has 0 radical (unpaired) electrons. The Bertz CT molecular complexity index is 1130. The molecule has 3 aromatic rings. The monoisotopic (exact) mass is 466 g/mol. The predicted octanol–water partition coefficient (Wildman–Crippen LogP) is 7.40. The van der Waals surface area contributed by atoms with Crippen molar-refractivity contribution in [3.63, 3.8) is 0 Å².